The van der Waals surface area contributed by atoms with E-state index in [4.69, 9.17) is 9.26 Å². The van der Waals surface area contributed by atoms with E-state index in [1.165, 1.54) is 35.5 Å². The normalized spacial score (nSPS) is 15.0. The van der Waals surface area contributed by atoms with Gasteiger partial charge < -0.3 is 9.26 Å². The second kappa shape index (κ2) is 8.00. The predicted octanol–water partition coefficient (Wildman–Crippen LogP) is 2.66. The summed E-state index contributed by atoms with van der Waals surface area (Å²) in [6.45, 7) is 1.98. The molecule has 8 nitrogen and oxygen atoms in total. The summed E-state index contributed by atoms with van der Waals surface area (Å²) < 4.78 is 37.6. The van der Waals surface area contributed by atoms with Gasteiger partial charge in [0.2, 0.25) is 15.9 Å². The number of ether oxygens (including phenoxy) is 1. The van der Waals surface area contributed by atoms with Gasteiger partial charge in [-0.15, -0.1) is 0 Å². The molecule has 0 bridgehead atoms. The molecule has 0 aliphatic carbocycles. The quantitative estimate of drug-likeness (QED) is 0.534. The second-order valence-corrected chi connectivity index (χ2v) is 9.07. The molecule has 4 rings (SSSR count). The van der Waals surface area contributed by atoms with Gasteiger partial charge in [0.05, 0.1) is 17.9 Å². The Morgan fingerprint density at radius 2 is 1.87 bits per heavy atom. The molecule has 0 N–H and O–H groups in total. The van der Waals surface area contributed by atoms with Crippen LogP contribution in [0.5, 0.6) is 5.75 Å². The van der Waals surface area contributed by atoms with Crippen molar-refractivity contribution in [3.8, 4) is 5.75 Å². The first-order valence-corrected chi connectivity index (χ1v) is 10.9. The molecule has 3 aromatic rings. The van der Waals surface area contributed by atoms with Crippen LogP contribution < -0.4 is 4.74 Å². The summed E-state index contributed by atoms with van der Waals surface area (Å²) in [6.07, 6.45) is 0.463. The number of hydrogen-bond donors (Lipinski definition) is 0. The molecule has 0 unspecified atom stereocenters. The van der Waals surface area contributed by atoms with E-state index in [0.29, 0.717) is 23.7 Å². The third-order valence-electron chi connectivity index (χ3n) is 5.12. The zero-order valence-electron chi connectivity index (χ0n) is 16.6. The number of hydrogen-bond acceptors (Lipinski definition) is 7. The maximum absolute atomic E-state index is 12.7. The Bertz CT molecular complexity index is 1170. The molecule has 156 valence electrons. The number of ketones is 1. The van der Waals surface area contributed by atoms with Gasteiger partial charge in [-0.1, -0.05) is 35.5 Å². The zero-order valence-corrected chi connectivity index (χ0v) is 17.4. The molecule has 0 atom stereocenters. The van der Waals surface area contributed by atoms with Crippen LogP contribution in [0.3, 0.4) is 0 Å². The summed E-state index contributed by atoms with van der Waals surface area (Å²) in [5, 5.41) is 4.02. The first-order valence-electron chi connectivity index (χ1n) is 9.44. The Labute approximate surface area is 174 Å². The minimum Gasteiger partial charge on any atom is -0.496 e. The lowest BCUT2D eigenvalue weighted by Crippen LogP contribution is -2.48. The van der Waals surface area contributed by atoms with E-state index in [-0.39, 0.29) is 29.7 Å². The van der Waals surface area contributed by atoms with E-state index >= 15 is 0 Å². The lowest BCUT2D eigenvalue weighted by molar-refractivity contribution is 0.101. The number of nitrogens with zero attached hydrogens (tertiary/aromatic N) is 3. The third-order valence-corrected chi connectivity index (χ3v) is 6.97. The highest BCUT2D eigenvalue weighted by Crippen LogP contribution is 2.31. The van der Waals surface area contributed by atoms with Crippen LogP contribution in [0.25, 0.3) is 0 Å². The molecule has 0 spiro atoms. The Morgan fingerprint density at radius 3 is 2.53 bits per heavy atom. The molecule has 30 heavy (non-hydrogen) atoms. The third kappa shape index (κ3) is 3.86. The van der Waals surface area contributed by atoms with Crippen molar-refractivity contribution < 1.29 is 22.5 Å². The summed E-state index contributed by atoms with van der Waals surface area (Å²) in [4.78, 5) is 16.0. The molecule has 1 aliphatic heterocycles. The number of Topliss-reactive ketones (excluding diaryl/α,β-unsaturated/α-hetero) is 1. The molecule has 2 aromatic carbocycles. The average Bonchev–Trinajstić information content (AvgIpc) is 3.15. The lowest BCUT2D eigenvalue weighted by Gasteiger charge is -2.35. The largest absolute Gasteiger partial charge is 0.496 e. The van der Waals surface area contributed by atoms with E-state index in [1.54, 1.807) is 7.11 Å². The molecule has 0 saturated carbocycles. The van der Waals surface area contributed by atoms with E-state index in [1.807, 2.05) is 24.3 Å². The fourth-order valence-corrected chi connectivity index (χ4v) is 4.86. The molecule has 0 amide bonds. The second-order valence-electron chi connectivity index (χ2n) is 7.14. The van der Waals surface area contributed by atoms with Crippen molar-refractivity contribution >= 4 is 15.8 Å². The molecular weight excluding hydrogens is 406 g/mol. The highest BCUT2D eigenvalue weighted by atomic mass is 32.2. The maximum Gasteiger partial charge on any atom is 0.243 e. The highest BCUT2D eigenvalue weighted by molar-refractivity contribution is 7.89. The van der Waals surface area contributed by atoms with Gasteiger partial charge >= 0.3 is 0 Å². The number of methoxy groups -OCH3 is 1. The number of rotatable bonds is 7. The smallest absolute Gasteiger partial charge is 0.243 e. The SMILES string of the molecule is COc1ccccc1Cc1noc(C2CN(S(=O)(=O)c3ccc(C(C)=O)cc3)C2)n1. The van der Waals surface area contributed by atoms with Gasteiger partial charge in [0.15, 0.2) is 11.6 Å². The van der Waals surface area contributed by atoms with E-state index < -0.39 is 10.0 Å². The molecule has 1 aromatic heterocycles. The Balaban J connectivity index is 1.41. The van der Waals surface area contributed by atoms with Crippen LogP contribution in [-0.4, -0.2) is 48.8 Å². The highest BCUT2D eigenvalue weighted by Gasteiger charge is 2.40. The first kappa shape index (κ1) is 20.2. The fraction of sp³-hybridized carbons (Fsp3) is 0.286. The lowest BCUT2D eigenvalue weighted by atomic mass is 10.0. The first-order chi connectivity index (χ1) is 14.4. The van der Waals surface area contributed by atoms with E-state index in [2.05, 4.69) is 10.1 Å². The van der Waals surface area contributed by atoms with Crippen LogP contribution >= 0.6 is 0 Å². The molecule has 1 fully saturated rings. The number of carbonyl (C=O) groups is 1. The Hall–Kier alpha value is -3.04. The molecule has 2 heterocycles. The zero-order chi connectivity index (χ0) is 21.3. The Morgan fingerprint density at radius 1 is 1.17 bits per heavy atom. The minimum atomic E-state index is -3.62. The molecular formula is C21H21N3O5S. The van der Waals surface area contributed by atoms with Crippen molar-refractivity contribution in [2.45, 2.75) is 24.2 Å². The summed E-state index contributed by atoms with van der Waals surface area (Å²) in [7, 11) is -2.01. The van der Waals surface area contributed by atoms with Gasteiger partial charge in [0, 0.05) is 30.6 Å². The minimum absolute atomic E-state index is 0.108. The van der Waals surface area contributed by atoms with Crippen LogP contribution in [0.15, 0.2) is 57.9 Å². The van der Waals surface area contributed by atoms with Crippen molar-refractivity contribution in [1.82, 2.24) is 14.4 Å². The summed E-state index contributed by atoms with van der Waals surface area (Å²) in [5.41, 5.74) is 1.42. The average molecular weight is 427 g/mol. The summed E-state index contributed by atoms with van der Waals surface area (Å²) >= 11 is 0. The van der Waals surface area contributed by atoms with Crippen LogP contribution in [0, 0.1) is 0 Å². The van der Waals surface area contributed by atoms with Gasteiger partial charge in [0.1, 0.15) is 5.75 Å². The molecule has 0 radical (unpaired) electrons. The molecule has 9 heteroatoms. The van der Waals surface area contributed by atoms with E-state index in [9.17, 15) is 13.2 Å². The summed E-state index contributed by atoms with van der Waals surface area (Å²) in [5.74, 6) is 1.45. The topological polar surface area (TPSA) is 103 Å². The molecule has 1 aliphatic rings. The Kier molecular flexibility index (Phi) is 5.40. The number of para-hydroxylation sites is 1. The van der Waals surface area contributed by atoms with Crippen molar-refractivity contribution in [1.29, 1.82) is 0 Å². The maximum atomic E-state index is 12.7. The molecule has 1 saturated heterocycles. The van der Waals surface area contributed by atoms with Gasteiger partial charge in [-0.2, -0.15) is 9.29 Å². The van der Waals surface area contributed by atoms with Crippen molar-refractivity contribution in [3.05, 3.63) is 71.4 Å². The van der Waals surface area contributed by atoms with E-state index in [0.717, 1.165) is 11.3 Å². The summed E-state index contributed by atoms with van der Waals surface area (Å²) in [6, 6.07) is 13.6. The van der Waals surface area contributed by atoms with Crippen LogP contribution in [0.2, 0.25) is 0 Å². The monoisotopic (exact) mass is 427 g/mol. The number of aromatic nitrogens is 2. The number of sulfonamides is 1. The van der Waals surface area contributed by atoms with Crippen LogP contribution in [0.1, 0.15) is 40.5 Å². The van der Waals surface area contributed by atoms with Gasteiger partial charge in [-0.3, -0.25) is 4.79 Å². The van der Waals surface area contributed by atoms with Gasteiger partial charge in [0.25, 0.3) is 0 Å². The van der Waals surface area contributed by atoms with Crippen LogP contribution in [-0.2, 0) is 16.4 Å². The van der Waals surface area contributed by atoms with Crippen molar-refractivity contribution in [3.63, 3.8) is 0 Å². The van der Waals surface area contributed by atoms with Crippen LogP contribution in [0.4, 0.5) is 0 Å². The number of carbonyl (C=O) groups excluding carboxylic acids is 1. The van der Waals surface area contributed by atoms with Crippen molar-refractivity contribution in [2.24, 2.45) is 0 Å². The fourth-order valence-electron chi connectivity index (χ4n) is 3.33. The number of benzene rings is 2. The standard InChI is InChI=1S/C21H21N3O5S/c1-14(25)15-7-9-18(10-8-15)30(26,27)24-12-17(13-24)21-22-20(23-29-21)11-16-5-3-4-6-19(16)28-2/h3-10,17H,11-13H2,1-2H3. The van der Waals surface area contributed by atoms with Crippen molar-refractivity contribution in [2.75, 3.05) is 20.2 Å². The van der Waals surface area contributed by atoms with Gasteiger partial charge in [-0.05, 0) is 25.1 Å². The van der Waals surface area contributed by atoms with Gasteiger partial charge in [-0.25, -0.2) is 8.42 Å². The predicted molar refractivity (Wildman–Crippen MR) is 108 cm³/mol.